The van der Waals surface area contributed by atoms with Gasteiger partial charge in [-0.2, -0.15) is 0 Å². The Balaban J connectivity index is 1.49. The van der Waals surface area contributed by atoms with Gasteiger partial charge in [-0.25, -0.2) is 4.98 Å². The maximum atomic E-state index is 5.97. The molecule has 2 heterocycles. The van der Waals surface area contributed by atoms with E-state index in [0.29, 0.717) is 5.92 Å². The Labute approximate surface area is 145 Å². The molecule has 1 aliphatic rings. The van der Waals surface area contributed by atoms with Gasteiger partial charge >= 0.3 is 0 Å². The first-order chi connectivity index (χ1) is 11.9. The summed E-state index contributed by atoms with van der Waals surface area (Å²) < 4.78 is 8.11. The van der Waals surface area contributed by atoms with Gasteiger partial charge in [-0.15, -0.1) is 0 Å². The van der Waals surface area contributed by atoms with Crippen molar-refractivity contribution in [1.29, 1.82) is 0 Å². The minimum Gasteiger partial charge on any atom is -0.494 e. The zero-order valence-corrected chi connectivity index (χ0v) is 14.7. The predicted octanol–water partition coefficient (Wildman–Crippen LogP) is 4.83. The highest BCUT2D eigenvalue weighted by atomic mass is 16.5. The summed E-state index contributed by atoms with van der Waals surface area (Å²) >= 11 is 0. The van der Waals surface area contributed by atoms with E-state index in [2.05, 4.69) is 40.0 Å². The van der Waals surface area contributed by atoms with Crippen molar-refractivity contribution in [2.75, 3.05) is 18.5 Å². The van der Waals surface area contributed by atoms with Crippen molar-refractivity contribution >= 4 is 5.69 Å². The molecule has 1 N–H and O–H groups in total. The van der Waals surface area contributed by atoms with Gasteiger partial charge in [0.05, 0.1) is 12.9 Å². The van der Waals surface area contributed by atoms with E-state index in [1.165, 1.54) is 36.9 Å². The summed E-state index contributed by atoms with van der Waals surface area (Å²) in [6.07, 6.45) is 13.3. The summed E-state index contributed by atoms with van der Waals surface area (Å²) in [5.74, 6) is 1.57. The zero-order valence-electron chi connectivity index (χ0n) is 14.7. The average Bonchev–Trinajstić information content (AvgIpc) is 3.25. The van der Waals surface area contributed by atoms with Crippen LogP contribution in [-0.4, -0.2) is 22.7 Å². The second-order valence-electron chi connectivity index (χ2n) is 6.68. The number of fused-ring (bicyclic) bond motifs is 1. The van der Waals surface area contributed by atoms with Crippen LogP contribution in [0.25, 0.3) is 0 Å². The molecule has 0 bridgehead atoms. The van der Waals surface area contributed by atoms with E-state index in [-0.39, 0.29) is 0 Å². The van der Waals surface area contributed by atoms with Crippen LogP contribution in [0.3, 0.4) is 0 Å². The number of nitrogens with zero attached hydrogens (tertiary/aromatic N) is 2. The molecule has 1 aromatic heterocycles. The zero-order chi connectivity index (χ0) is 16.6. The maximum absolute atomic E-state index is 5.97. The molecule has 4 nitrogen and oxygen atoms in total. The number of unbranched alkanes of at least 4 members (excludes halogenated alkanes) is 4. The van der Waals surface area contributed by atoms with Crippen LogP contribution in [0.1, 0.15) is 56.9 Å². The van der Waals surface area contributed by atoms with Crippen molar-refractivity contribution in [2.24, 2.45) is 0 Å². The molecule has 1 unspecified atom stereocenters. The molecule has 3 rings (SSSR count). The van der Waals surface area contributed by atoms with Crippen LogP contribution in [0.2, 0.25) is 0 Å². The quantitative estimate of drug-likeness (QED) is 0.635. The van der Waals surface area contributed by atoms with E-state index < -0.39 is 0 Å². The van der Waals surface area contributed by atoms with Crippen molar-refractivity contribution in [1.82, 2.24) is 9.55 Å². The summed E-state index contributed by atoms with van der Waals surface area (Å²) in [7, 11) is 0. The SMILES string of the molecule is CCCCCCCOc1ccc2c(c1)C(CCn1ccnc1)CN2. The number of ether oxygens (including phenoxy) is 1. The standard InChI is InChI=1S/C20H29N3O/c1-2-3-4-5-6-13-24-18-7-8-20-19(14-18)17(15-22-20)9-11-23-12-10-21-16-23/h7-8,10,12,14,16-17,22H,2-6,9,11,13,15H2,1H3. The summed E-state index contributed by atoms with van der Waals surface area (Å²) in [5, 5.41) is 3.52. The number of hydrogen-bond donors (Lipinski definition) is 1. The lowest BCUT2D eigenvalue weighted by molar-refractivity contribution is 0.304. The molecule has 2 aromatic rings. The molecule has 24 heavy (non-hydrogen) atoms. The fraction of sp³-hybridized carbons (Fsp3) is 0.550. The second kappa shape index (κ2) is 8.76. The molecular formula is C20H29N3O. The number of aromatic nitrogens is 2. The lowest BCUT2D eigenvalue weighted by Crippen LogP contribution is -2.06. The van der Waals surface area contributed by atoms with Crippen LogP contribution in [-0.2, 0) is 6.54 Å². The van der Waals surface area contributed by atoms with Crippen molar-refractivity contribution < 1.29 is 4.74 Å². The van der Waals surface area contributed by atoms with Crippen LogP contribution < -0.4 is 10.1 Å². The molecule has 130 valence electrons. The Kier molecular flexibility index (Phi) is 6.16. The van der Waals surface area contributed by atoms with E-state index in [1.807, 2.05) is 18.7 Å². The third-order valence-corrected chi connectivity index (χ3v) is 4.81. The summed E-state index contributed by atoms with van der Waals surface area (Å²) in [4.78, 5) is 4.11. The van der Waals surface area contributed by atoms with Crippen molar-refractivity contribution in [2.45, 2.75) is 57.9 Å². The summed E-state index contributed by atoms with van der Waals surface area (Å²) in [5.41, 5.74) is 2.67. The number of aryl methyl sites for hydroxylation is 1. The Bertz CT molecular complexity index is 609. The van der Waals surface area contributed by atoms with Gasteiger partial charge in [0.2, 0.25) is 0 Å². The molecule has 0 radical (unpaired) electrons. The minimum absolute atomic E-state index is 0.551. The van der Waals surface area contributed by atoms with E-state index in [9.17, 15) is 0 Å². The van der Waals surface area contributed by atoms with E-state index in [1.54, 1.807) is 0 Å². The van der Waals surface area contributed by atoms with Gasteiger partial charge in [-0.05, 0) is 36.6 Å². The molecule has 0 aliphatic carbocycles. The summed E-state index contributed by atoms with van der Waals surface area (Å²) in [6.45, 7) is 5.10. The second-order valence-corrected chi connectivity index (χ2v) is 6.68. The third-order valence-electron chi connectivity index (χ3n) is 4.81. The summed E-state index contributed by atoms with van der Waals surface area (Å²) in [6, 6.07) is 6.50. The molecule has 0 saturated heterocycles. The predicted molar refractivity (Wildman–Crippen MR) is 98.8 cm³/mol. The van der Waals surface area contributed by atoms with Crippen molar-refractivity contribution in [3.05, 3.63) is 42.5 Å². The number of benzene rings is 1. The fourth-order valence-corrected chi connectivity index (χ4v) is 3.35. The minimum atomic E-state index is 0.551. The van der Waals surface area contributed by atoms with Gasteiger partial charge in [0.1, 0.15) is 5.75 Å². The molecule has 1 aromatic carbocycles. The van der Waals surface area contributed by atoms with Crippen LogP contribution in [0, 0.1) is 0 Å². The molecule has 1 aliphatic heterocycles. The van der Waals surface area contributed by atoms with Crippen LogP contribution in [0.5, 0.6) is 5.75 Å². The third kappa shape index (κ3) is 4.53. The molecule has 1 atom stereocenters. The van der Waals surface area contributed by atoms with Crippen molar-refractivity contribution in [3.63, 3.8) is 0 Å². The first kappa shape index (κ1) is 16.9. The van der Waals surface area contributed by atoms with Gasteiger partial charge in [-0.1, -0.05) is 32.6 Å². The Morgan fingerprint density at radius 1 is 1.25 bits per heavy atom. The first-order valence-corrected chi connectivity index (χ1v) is 9.33. The number of hydrogen-bond acceptors (Lipinski definition) is 3. The van der Waals surface area contributed by atoms with E-state index >= 15 is 0 Å². The van der Waals surface area contributed by atoms with E-state index in [0.717, 1.165) is 38.3 Å². The number of anilines is 1. The number of imidazole rings is 1. The highest BCUT2D eigenvalue weighted by molar-refractivity contribution is 5.60. The lowest BCUT2D eigenvalue weighted by atomic mass is 9.97. The molecule has 0 amide bonds. The first-order valence-electron chi connectivity index (χ1n) is 9.33. The van der Waals surface area contributed by atoms with Crippen LogP contribution >= 0.6 is 0 Å². The Hall–Kier alpha value is -1.97. The largest absolute Gasteiger partial charge is 0.494 e. The highest BCUT2D eigenvalue weighted by Crippen LogP contribution is 2.36. The smallest absolute Gasteiger partial charge is 0.119 e. The molecule has 0 spiro atoms. The van der Waals surface area contributed by atoms with Crippen molar-refractivity contribution in [3.8, 4) is 5.75 Å². The van der Waals surface area contributed by atoms with Crippen LogP contribution in [0.15, 0.2) is 36.9 Å². The monoisotopic (exact) mass is 327 g/mol. The van der Waals surface area contributed by atoms with Crippen LogP contribution in [0.4, 0.5) is 5.69 Å². The number of rotatable bonds is 10. The van der Waals surface area contributed by atoms with Gasteiger partial charge in [-0.3, -0.25) is 0 Å². The average molecular weight is 327 g/mol. The normalized spacial score (nSPS) is 16.0. The molecule has 0 saturated carbocycles. The maximum Gasteiger partial charge on any atom is 0.119 e. The Morgan fingerprint density at radius 3 is 3.00 bits per heavy atom. The number of nitrogens with one attached hydrogen (secondary N) is 1. The molecule has 4 heteroatoms. The van der Waals surface area contributed by atoms with Gasteiger partial charge < -0.3 is 14.6 Å². The van der Waals surface area contributed by atoms with E-state index in [4.69, 9.17) is 4.74 Å². The van der Waals surface area contributed by atoms with Gasteiger partial charge in [0.25, 0.3) is 0 Å². The molecular weight excluding hydrogens is 298 g/mol. The topological polar surface area (TPSA) is 39.1 Å². The Morgan fingerprint density at radius 2 is 2.17 bits per heavy atom. The molecule has 0 fully saturated rings. The fourth-order valence-electron chi connectivity index (χ4n) is 3.35. The lowest BCUT2D eigenvalue weighted by Gasteiger charge is -2.12. The van der Waals surface area contributed by atoms with Gasteiger partial charge in [0, 0.05) is 37.1 Å². The highest BCUT2D eigenvalue weighted by Gasteiger charge is 2.22. The van der Waals surface area contributed by atoms with Gasteiger partial charge in [0.15, 0.2) is 0 Å².